The first-order valence-electron chi connectivity index (χ1n) is 8.32. The van der Waals surface area contributed by atoms with Crippen LogP contribution in [0.25, 0.3) is 0 Å². The molecule has 6 heteroatoms. The van der Waals surface area contributed by atoms with Gasteiger partial charge in [0.05, 0.1) is 5.03 Å². The molecule has 0 bridgehead atoms. The van der Waals surface area contributed by atoms with Gasteiger partial charge in [-0.1, -0.05) is 53.8 Å². The minimum absolute atomic E-state index is 0.0677. The van der Waals surface area contributed by atoms with Gasteiger partial charge >= 0.3 is 4.87 Å². The zero-order valence-electron chi connectivity index (χ0n) is 13.9. The van der Waals surface area contributed by atoms with E-state index in [1.807, 2.05) is 54.6 Å². The van der Waals surface area contributed by atoms with Crippen molar-refractivity contribution in [2.75, 3.05) is 5.75 Å². The third-order valence-electron chi connectivity index (χ3n) is 4.44. The summed E-state index contributed by atoms with van der Waals surface area (Å²) in [6.07, 6.45) is 1.00. The number of aromatic nitrogens is 1. The lowest BCUT2D eigenvalue weighted by Crippen LogP contribution is -2.21. The van der Waals surface area contributed by atoms with Gasteiger partial charge in [0.15, 0.2) is 0 Å². The first-order valence-corrected chi connectivity index (χ1v) is 10.1. The van der Waals surface area contributed by atoms with Crippen molar-refractivity contribution in [3.63, 3.8) is 0 Å². The van der Waals surface area contributed by atoms with E-state index in [4.69, 9.17) is 4.74 Å². The molecule has 0 aliphatic carbocycles. The predicted octanol–water partition coefficient (Wildman–Crippen LogP) is 4.07. The highest BCUT2D eigenvalue weighted by Crippen LogP contribution is 2.44. The first kappa shape index (κ1) is 17.1. The summed E-state index contributed by atoms with van der Waals surface area (Å²) in [6, 6.07) is 17.8. The average molecular weight is 383 g/mol. The molecule has 132 valence electrons. The molecule has 3 aromatic rings. The van der Waals surface area contributed by atoms with Gasteiger partial charge < -0.3 is 14.5 Å². The fraction of sp³-hybridized carbons (Fsp3) is 0.200. The number of hydrogen-bond acceptors (Lipinski definition) is 5. The Labute approximate surface area is 159 Å². The van der Waals surface area contributed by atoms with Crippen LogP contribution in [0.1, 0.15) is 21.9 Å². The third kappa shape index (κ3) is 3.48. The predicted molar refractivity (Wildman–Crippen MR) is 104 cm³/mol. The lowest BCUT2D eigenvalue weighted by Gasteiger charge is -2.27. The van der Waals surface area contributed by atoms with Crippen LogP contribution in [0.4, 0.5) is 0 Å². The number of carbonyl (C=O) groups is 1. The molecule has 1 aromatic heterocycles. The number of rotatable bonds is 5. The normalized spacial score (nSPS) is 18.9. The summed E-state index contributed by atoms with van der Waals surface area (Å²) >= 11 is 2.75. The zero-order valence-corrected chi connectivity index (χ0v) is 15.5. The number of hydrogen-bond donors (Lipinski definition) is 1. The molecule has 0 unspecified atom stereocenters. The van der Waals surface area contributed by atoms with Crippen molar-refractivity contribution in [2.45, 2.75) is 17.6 Å². The maximum atomic E-state index is 11.7. The lowest BCUT2D eigenvalue weighted by atomic mass is 9.86. The van der Waals surface area contributed by atoms with Crippen molar-refractivity contribution in [1.82, 2.24) is 4.98 Å². The van der Waals surface area contributed by atoms with Crippen LogP contribution in [0.2, 0.25) is 0 Å². The standard InChI is InChI=1S/C20H17NO3S2/c22-10-15-12-25-19-18(26-20(23)21-19)17(15)14-6-8-16(9-7-14)24-11-13-4-2-1-3-5-13/h1-10,15,17H,11-12H2,(H,21,23)/t15-,17+/m1/s1. The van der Waals surface area contributed by atoms with E-state index >= 15 is 0 Å². The number of ether oxygens (including phenoxy) is 1. The second-order valence-corrected chi connectivity index (χ2v) is 8.18. The number of H-pyrrole nitrogens is 1. The summed E-state index contributed by atoms with van der Waals surface area (Å²) in [4.78, 5) is 27.1. The molecule has 0 saturated heterocycles. The maximum absolute atomic E-state index is 11.7. The molecule has 2 atom stereocenters. The van der Waals surface area contributed by atoms with Gasteiger partial charge in [0.25, 0.3) is 0 Å². The van der Waals surface area contributed by atoms with Crippen LogP contribution >= 0.6 is 23.1 Å². The molecular weight excluding hydrogens is 366 g/mol. The van der Waals surface area contributed by atoms with E-state index in [9.17, 15) is 9.59 Å². The van der Waals surface area contributed by atoms with Crippen molar-refractivity contribution in [3.05, 3.63) is 80.3 Å². The van der Waals surface area contributed by atoms with Crippen LogP contribution < -0.4 is 9.61 Å². The molecule has 0 amide bonds. The summed E-state index contributed by atoms with van der Waals surface area (Å²) in [5, 5.41) is 0.896. The first-order chi connectivity index (χ1) is 12.7. The second kappa shape index (κ2) is 7.51. The van der Waals surface area contributed by atoms with Crippen LogP contribution in [0.5, 0.6) is 5.75 Å². The Hall–Kier alpha value is -2.31. The van der Waals surface area contributed by atoms with Crippen LogP contribution in [0.15, 0.2) is 64.4 Å². The fourth-order valence-electron chi connectivity index (χ4n) is 3.14. The number of thioether (sulfide) groups is 1. The number of thiazole rings is 1. The number of aldehydes is 1. The van der Waals surface area contributed by atoms with Crippen molar-refractivity contribution < 1.29 is 9.53 Å². The number of benzene rings is 2. The van der Waals surface area contributed by atoms with E-state index < -0.39 is 0 Å². The minimum atomic E-state index is -0.130. The Morgan fingerprint density at radius 3 is 2.62 bits per heavy atom. The summed E-state index contributed by atoms with van der Waals surface area (Å²) in [5.41, 5.74) is 2.15. The Morgan fingerprint density at radius 2 is 1.88 bits per heavy atom. The van der Waals surface area contributed by atoms with Gasteiger partial charge in [-0.05, 0) is 23.3 Å². The number of fused-ring (bicyclic) bond motifs is 1. The van der Waals surface area contributed by atoms with E-state index in [1.165, 1.54) is 11.3 Å². The summed E-state index contributed by atoms with van der Waals surface area (Å²) in [5.74, 6) is 1.26. The Kier molecular flexibility index (Phi) is 4.95. The molecule has 0 radical (unpaired) electrons. The number of aromatic amines is 1. The summed E-state index contributed by atoms with van der Waals surface area (Å²) < 4.78 is 5.83. The number of nitrogens with one attached hydrogen (secondary N) is 1. The molecule has 2 aromatic carbocycles. The van der Waals surface area contributed by atoms with Crippen LogP contribution in [-0.2, 0) is 11.4 Å². The molecule has 26 heavy (non-hydrogen) atoms. The van der Waals surface area contributed by atoms with Gasteiger partial charge in [-0.3, -0.25) is 4.79 Å². The Balaban J connectivity index is 1.55. The molecule has 2 heterocycles. The summed E-state index contributed by atoms with van der Waals surface area (Å²) in [7, 11) is 0. The van der Waals surface area contributed by atoms with E-state index in [0.717, 1.165) is 33.1 Å². The third-order valence-corrected chi connectivity index (χ3v) is 6.69. The monoisotopic (exact) mass is 383 g/mol. The van der Waals surface area contributed by atoms with E-state index in [1.54, 1.807) is 11.8 Å². The van der Waals surface area contributed by atoms with Crippen molar-refractivity contribution in [1.29, 1.82) is 0 Å². The van der Waals surface area contributed by atoms with Gasteiger partial charge in [-0.15, -0.1) is 11.8 Å². The lowest BCUT2D eigenvalue weighted by molar-refractivity contribution is -0.110. The van der Waals surface area contributed by atoms with Crippen LogP contribution in [0, 0.1) is 5.92 Å². The molecule has 0 spiro atoms. The topological polar surface area (TPSA) is 59.2 Å². The maximum Gasteiger partial charge on any atom is 0.305 e. The molecular formula is C20H17NO3S2. The Bertz CT molecular complexity index is 947. The van der Waals surface area contributed by atoms with Gasteiger partial charge in [0.1, 0.15) is 18.6 Å². The van der Waals surface area contributed by atoms with Crippen molar-refractivity contribution in [3.8, 4) is 5.75 Å². The minimum Gasteiger partial charge on any atom is -0.489 e. The smallest absolute Gasteiger partial charge is 0.305 e. The van der Waals surface area contributed by atoms with E-state index in [-0.39, 0.29) is 16.7 Å². The van der Waals surface area contributed by atoms with E-state index in [2.05, 4.69) is 4.98 Å². The van der Waals surface area contributed by atoms with E-state index in [0.29, 0.717) is 12.4 Å². The summed E-state index contributed by atoms with van der Waals surface area (Å²) in [6.45, 7) is 0.515. The highest BCUT2D eigenvalue weighted by atomic mass is 32.2. The van der Waals surface area contributed by atoms with Crippen molar-refractivity contribution in [2.24, 2.45) is 5.92 Å². The second-order valence-electron chi connectivity index (χ2n) is 6.14. The molecule has 4 rings (SSSR count). The average Bonchev–Trinajstić information content (AvgIpc) is 3.07. The highest BCUT2D eigenvalue weighted by molar-refractivity contribution is 7.99. The molecule has 0 fully saturated rings. The Morgan fingerprint density at radius 1 is 1.12 bits per heavy atom. The van der Waals surface area contributed by atoms with Gasteiger partial charge in [0, 0.05) is 22.5 Å². The molecule has 4 nitrogen and oxygen atoms in total. The van der Waals surface area contributed by atoms with Gasteiger partial charge in [-0.2, -0.15) is 0 Å². The largest absolute Gasteiger partial charge is 0.489 e. The van der Waals surface area contributed by atoms with Crippen LogP contribution in [-0.4, -0.2) is 17.0 Å². The fourth-order valence-corrected chi connectivity index (χ4v) is 5.50. The number of carbonyl (C=O) groups excluding carboxylic acids is 1. The van der Waals surface area contributed by atoms with Crippen molar-refractivity contribution >= 4 is 29.4 Å². The quantitative estimate of drug-likeness (QED) is 0.675. The molecule has 1 aliphatic rings. The molecule has 1 N–H and O–H groups in total. The van der Waals surface area contributed by atoms with Gasteiger partial charge in [-0.25, -0.2) is 0 Å². The zero-order chi connectivity index (χ0) is 17.9. The molecule has 1 aliphatic heterocycles. The SMILES string of the molecule is O=C[C@@H]1CSc2[nH]c(=O)sc2[C@H]1c1ccc(OCc2ccccc2)cc1. The highest BCUT2D eigenvalue weighted by Gasteiger charge is 2.33. The van der Waals surface area contributed by atoms with Crippen LogP contribution in [0.3, 0.4) is 0 Å². The van der Waals surface area contributed by atoms with Gasteiger partial charge in [0.2, 0.25) is 0 Å². The molecule has 0 saturated carbocycles.